The number of carboxylic acid groups (broad SMARTS) is 1. The zero-order chi connectivity index (χ0) is 22.2. The highest BCUT2D eigenvalue weighted by atomic mass is 35.5. The number of aromatic carboxylic acids is 1. The number of halogens is 1. The van der Waals surface area contributed by atoms with Crippen molar-refractivity contribution in [3.05, 3.63) is 44.7 Å². The molecule has 2 unspecified atom stereocenters. The molecule has 7 nitrogen and oxygen atoms in total. The number of sulfone groups is 1. The lowest BCUT2D eigenvalue weighted by molar-refractivity contribution is 0.0694. The fourth-order valence-electron chi connectivity index (χ4n) is 4.35. The number of aromatic nitrogens is 1. The first-order valence-electron chi connectivity index (χ1n) is 10.4. The SMILES string of the molecule is CC(Oc1cc2c(cc1Cl)-c1c(cc(C(=O)O)c(=O)n1C1CC1)C(C)S2(=O)=O)C1CC1. The molecule has 2 aromatic rings. The number of benzene rings is 1. The molecule has 2 aliphatic carbocycles. The van der Waals surface area contributed by atoms with E-state index in [1.165, 1.54) is 29.7 Å². The average molecular weight is 464 g/mol. The average Bonchev–Trinajstić information content (AvgIpc) is 3.60. The molecular weight excluding hydrogens is 442 g/mol. The third kappa shape index (κ3) is 3.19. The molecular formula is C22H22ClNO6S. The van der Waals surface area contributed by atoms with Gasteiger partial charge in [0.15, 0.2) is 9.84 Å². The number of hydrogen-bond acceptors (Lipinski definition) is 5. The van der Waals surface area contributed by atoms with E-state index in [1.54, 1.807) is 0 Å². The second-order valence-electron chi connectivity index (χ2n) is 8.70. The fraction of sp³-hybridized carbons (Fsp3) is 0.455. The van der Waals surface area contributed by atoms with E-state index in [9.17, 15) is 23.1 Å². The van der Waals surface area contributed by atoms with Crippen molar-refractivity contribution < 1.29 is 23.1 Å². The summed E-state index contributed by atoms with van der Waals surface area (Å²) < 4.78 is 34.2. The molecule has 0 bridgehead atoms. The molecule has 0 radical (unpaired) electrons. The van der Waals surface area contributed by atoms with Gasteiger partial charge in [-0.05, 0) is 63.1 Å². The summed E-state index contributed by atoms with van der Waals surface area (Å²) in [6, 6.07) is 4.05. The highest BCUT2D eigenvalue weighted by molar-refractivity contribution is 7.92. The number of carboxylic acids is 1. The zero-order valence-corrected chi connectivity index (χ0v) is 18.7. The quantitative estimate of drug-likeness (QED) is 0.711. The summed E-state index contributed by atoms with van der Waals surface area (Å²) in [4.78, 5) is 24.7. The summed E-state index contributed by atoms with van der Waals surface area (Å²) in [5.41, 5.74) is 0.0434. The largest absolute Gasteiger partial charge is 0.489 e. The lowest BCUT2D eigenvalue weighted by Gasteiger charge is -2.29. The number of nitrogens with zero attached hydrogens (tertiary/aromatic N) is 1. The third-order valence-corrected chi connectivity index (χ3v) is 8.93. The predicted molar refractivity (Wildman–Crippen MR) is 115 cm³/mol. The van der Waals surface area contributed by atoms with Crippen LogP contribution in [0.3, 0.4) is 0 Å². The molecule has 164 valence electrons. The van der Waals surface area contributed by atoms with E-state index in [4.69, 9.17) is 16.3 Å². The van der Waals surface area contributed by atoms with Gasteiger partial charge in [-0.1, -0.05) is 11.6 Å². The standard InChI is InChI=1S/C22H22ClNO6S/c1-10(12-3-4-12)30-18-9-19-15(8-17(18)23)20-14(11(2)31(19,28)29)7-16(22(26)27)21(25)24(20)13-5-6-13/h7-13H,3-6H2,1-2H3,(H,26,27). The van der Waals surface area contributed by atoms with Gasteiger partial charge < -0.3 is 14.4 Å². The highest BCUT2D eigenvalue weighted by Gasteiger charge is 2.41. The van der Waals surface area contributed by atoms with Crippen LogP contribution in [0, 0.1) is 5.92 Å². The molecule has 1 aromatic carbocycles. The smallest absolute Gasteiger partial charge is 0.341 e. The number of hydrogen-bond donors (Lipinski definition) is 1. The van der Waals surface area contributed by atoms with E-state index >= 15 is 0 Å². The zero-order valence-electron chi connectivity index (χ0n) is 17.1. The molecule has 1 aliphatic heterocycles. The van der Waals surface area contributed by atoms with Crippen LogP contribution in [-0.2, 0) is 9.84 Å². The summed E-state index contributed by atoms with van der Waals surface area (Å²) in [5.74, 6) is -0.618. The van der Waals surface area contributed by atoms with Crippen LogP contribution in [0.4, 0.5) is 0 Å². The van der Waals surface area contributed by atoms with Crippen molar-refractivity contribution in [2.75, 3.05) is 0 Å². The van der Waals surface area contributed by atoms with Gasteiger partial charge in [-0.2, -0.15) is 0 Å². The molecule has 9 heteroatoms. The van der Waals surface area contributed by atoms with Crippen molar-refractivity contribution in [1.82, 2.24) is 4.57 Å². The first kappa shape index (κ1) is 20.6. The number of rotatable bonds is 5. The van der Waals surface area contributed by atoms with Crippen molar-refractivity contribution in [3.8, 4) is 17.0 Å². The maximum absolute atomic E-state index is 13.4. The molecule has 31 heavy (non-hydrogen) atoms. The van der Waals surface area contributed by atoms with Gasteiger partial charge in [0, 0.05) is 17.7 Å². The fourth-order valence-corrected chi connectivity index (χ4v) is 6.19. The van der Waals surface area contributed by atoms with Crippen LogP contribution < -0.4 is 10.3 Å². The van der Waals surface area contributed by atoms with Crippen molar-refractivity contribution in [2.45, 2.75) is 61.8 Å². The van der Waals surface area contributed by atoms with Crippen LogP contribution >= 0.6 is 11.6 Å². The molecule has 1 N–H and O–H groups in total. The Morgan fingerprint density at radius 3 is 2.48 bits per heavy atom. The minimum Gasteiger partial charge on any atom is -0.489 e. The molecule has 5 rings (SSSR count). The summed E-state index contributed by atoms with van der Waals surface area (Å²) in [7, 11) is -3.84. The maximum atomic E-state index is 13.4. The van der Waals surface area contributed by atoms with E-state index in [1.807, 2.05) is 6.92 Å². The van der Waals surface area contributed by atoms with E-state index in [-0.39, 0.29) is 22.1 Å². The highest BCUT2D eigenvalue weighted by Crippen LogP contribution is 2.50. The Morgan fingerprint density at radius 2 is 1.90 bits per heavy atom. The van der Waals surface area contributed by atoms with E-state index in [2.05, 4.69) is 0 Å². The summed E-state index contributed by atoms with van der Waals surface area (Å²) >= 11 is 6.49. The number of ether oxygens (including phenoxy) is 1. The van der Waals surface area contributed by atoms with Gasteiger partial charge in [0.05, 0.1) is 27.0 Å². The van der Waals surface area contributed by atoms with Crippen LogP contribution in [0.2, 0.25) is 5.02 Å². The molecule has 2 saturated carbocycles. The van der Waals surface area contributed by atoms with Gasteiger partial charge in [0.25, 0.3) is 5.56 Å². The van der Waals surface area contributed by atoms with E-state index < -0.39 is 32.2 Å². The Bertz CT molecular complexity index is 1290. The monoisotopic (exact) mass is 463 g/mol. The van der Waals surface area contributed by atoms with Crippen molar-refractivity contribution in [2.24, 2.45) is 5.92 Å². The second kappa shape index (κ2) is 6.84. The van der Waals surface area contributed by atoms with Crippen LogP contribution in [0.5, 0.6) is 5.75 Å². The van der Waals surface area contributed by atoms with Crippen molar-refractivity contribution >= 4 is 27.4 Å². The Hall–Kier alpha value is -2.32. The molecule has 0 amide bonds. The molecule has 0 spiro atoms. The Labute approximate surface area is 184 Å². The predicted octanol–water partition coefficient (Wildman–Crippen LogP) is 4.23. The molecule has 2 heterocycles. The van der Waals surface area contributed by atoms with Gasteiger partial charge in [0.2, 0.25) is 0 Å². The number of carbonyl (C=O) groups is 1. The maximum Gasteiger partial charge on any atom is 0.341 e. The van der Waals surface area contributed by atoms with Crippen LogP contribution in [-0.4, -0.2) is 30.2 Å². The van der Waals surface area contributed by atoms with Gasteiger partial charge in [-0.3, -0.25) is 4.79 Å². The lowest BCUT2D eigenvalue weighted by Crippen LogP contribution is -2.32. The molecule has 2 atom stereocenters. The Balaban J connectivity index is 1.78. The number of fused-ring (bicyclic) bond motifs is 3. The first-order valence-corrected chi connectivity index (χ1v) is 12.3. The molecule has 3 aliphatic rings. The Kier molecular flexibility index (Phi) is 4.54. The minimum atomic E-state index is -3.84. The Morgan fingerprint density at radius 1 is 1.23 bits per heavy atom. The minimum absolute atomic E-state index is 0.0618. The van der Waals surface area contributed by atoms with E-state index in [0.29, 0.717) is 28.5 Å². The lowest BCUT2D eigenvalue weighted by atomic mass is 9.99. The van der Waals surface area contributed by atoms with Gasteiger partial charge >= 0.3 is 5.97 Å². The molecule has 2 fully saturated rings. The second-order valence-corrected chi connectivity index (χ2v) is 11.3. The normalized spacial score (nSPS) is 22.4. The van der Waals surface area contributed by atoms with Crippen molar-refractivity contribution in [1.29, 1.82) is 0 Å². The molecule has 0 saturated heterocycles. The van der Waals surface area contributed by atoms with Crippen molar-refractivity contribution in [3.63, 3.8) is 0 Å². The van der Waals surface area contributed by atoms with Gasteiger partial charge in [0.1, 0.15) is 11.3 Å². The third-order valence-electron chi connectivity index (χ3n) is 6.50. The summed E-state index contributed by atoms with van der Waals surface area (Å²) in [5, 5.41) is 8.78. The van der Waals surface area contributed by atoms with Gasteiger partial charge in [-0.25, -0.2) is 13.2 Å². The first-order chi connectivity index (χ1) is 14.6. The van der Waals surface area contributed by atoms with E-state index in [0.717, 1.165) is 25.7 Å². The number of pyridine rings is 1. The summed E-state index contributed by atoms with van der Waals surface area (Å²) in [6.45, 7) is 3.46. The topological polar surface area (TPSA) is 103 Å². The summed E-state index contributed by atoms with van der Waals surface area (Å²) in [6.07, 6.45) is 3.55. The van der Waals surface area contributed by atoms with Crippen LogP contribution in [0.15, 0.2) is 27.9 Å². The van der Waals surface area contributed by atoms with Crippen LogP contribution in [0.1, 0.15) is 66.7 Å². The van der Waals surface area contributed by atoms with Gasteiger partial charge in [-0.15, -0.1) is 0 Å². The molecule has 1 aromatic heterocycles. The van der Waals surface area contributed by atoms with Crippen LogP contribution in [0.25, 0.3) is 11.3 Å².